The van der Waals surface area contributed by atoms with Crippen LogP contribution in [0.3, 0.4) is 0 Å². The van der Waals surface area contributed by atoms with Crippen molar-refractivity contribution in [2.45, 2.75) is 6.92 Å². The van der Waals surface area contributed by atoms with Crippen LogP contribution >= 0.6 is 11.3 Å². The van der Waals surface area contributed by atoms with Crippen LogP contribution in [0.25, 0.3) is 16.5 Å². The molecule has 2 aromatic carbocycles. The van der Waals surface area contributed by atoms with E-state index >= 15 is 0 Å². The summed E-state index contributed by atoms with van der Waals surface area (Å²) in [7, 11) is 1.52. The predicted octanol–water partition coefficient (Wildman–Crippen LogP) is 4.02. The first-order valence-electron chi connectivity index (χ1n) is 9.86. The first-order chi connectivity index (χ1) is 15.9. The number of ether oxygens (including phenoxy) is 2. The zero-order valence-corrected chi connectivity index (χ0v) is 18.4. The SMILES string of the molecule is CCOC(=O)c1nn(-c2ccc(F)cc2)c(=O)c2c(NC(=O)c3ccc(OC)cc3)scc12. The lowest BCUT2D eigenvalue weighted by molar-refractivity contribution is 0.0520. The minimum atomic E-state index is -0.718. The van der Waals surface area contributed by atoms with Crippen LogP contribution in [0.15, 0.2) is 58.7 Å². The molecule has 4 rings (SSSR count). The topological polar surface area (TPSA) is 99.5 Å². The van der Waals surface area contributed by atoms with Crippen molar-refractivity contribution in [1.82, 2.24) is 9.78 Å². The number of carbonyl (C=O) groups is 2. The third kappa shape index (κ3) is 4.33. The summed E-state index contributed by atoms with van der Waals surface area (Å²) in [5.41, 5.74) is -0.0451. The minimum absolute atomic E-state index is 0.0861. The Bertz CT molecular complexity index is 1390. The number of thiophene rings is 1. The molecule has 2 aromatic heterocycles. The van der Waals surface area contributed by atoms with Gasteiger partial charge in [-0.15, -0.1) is 11.3 Å². The van der Waals surface area contributed by atoms with Gasteiger partial charge in [-0.1, -0.05) is 0 Å². The van der Waals surface area contributed by atoms with Crippen molar-refractivity contribution in [1.29, 1.82) is 0 Å². The highest BCUT2D eigenvalue weighted by Gasteiger charge is 2.23. The quantitative estimate of drug-likeness (QED) is 0.430. The fraction of sp³-hybridized carbons (Fsp3) is 0.130. The van der Waals surface area contributed by atoms with Gasteiger partial charge < -0.3 is 14.8 Å². The lowest BCUT2D eigenvalue weighted by Gasteiger charge is -2.10. The van der Waals surface area contributed by atoms with Crippen molar-refractivity contribution < 1.29 is 23.5 Å². The van der Waals surface area contributed by atoms with Crippen LogP contribution in [0.4, 0.5) is 9.39 Å². The summed E-state index contributed by atoms with van der Waals surface area (Å²) < 4.78 is 24.6. The van der Waals surface area contributed by atoms with Gasteiger partial charge in [-0.05, 0) is 55.5 Å². The number of nitrogens with zero attached hydrogens (tertiary/aromatic N) is 2. The molecule has 1 N–H and O–H groups in total. The monoisotopic (exact) mass is 467 g/mol. The average molecular weight is 467 g/mol. The Kier molecular flexibility index (Phi) is 6.18. The number of amides is 1. The second-order valence-corrected chi connectivity index (χ2v) is 7.68. The third-order valence-electron chi connectivity index (χ3n) is 4.77. The standard InChI is InChI=1S/C23H18FN3O5S/c1-3-32-23(30)19-17-12-33-21(25-20(28)13-4-10-16(31-2)11-5-13)18(17)22(29)27(26-19)15-8-6-14(24)7-9-15/h4-12H,3H2,1-2H3,(H,25,28). The molecule has 0 bridgehead atoms. The highest BCUT2D eigenvalue weighted by molar-refractivity contribution is 7.16. The number of nitrogens with one attached hydrogen (secondary N) is 1. The maximum absolute atomic E-state index is 13.4. The largest absolute Gasteiger partial charge is 0.497 e. The molecule has 4 aromatic rings. The highest BCUT2D eigenvalue weighted by atomic mass is 32.1. The van der Waals surface area contributed by atoms with Gasteiger partial charge in [-0.3, -0.25) is 9.59 Å². The van der Waals surface area contributed by atoms with Gasteiger partial charge >= 0.3 is 5.97 Å². The fourth-order valence-corrected chi connectivity index (χ4v) is 4.10. The number of carbonyl (C=O) groups excluding carboxylic acids is 2. The number of hydrogen-bond acceptors (Lipinski definition) is 7. The number of anilines is 1. The maximum Gasteiger partial charge on any atom is 0.359 e. The Hall–Kier alpha value is -4.05. The van der Waals surface area contributed by atoms with Gasteiger partial charge in [-0.25, -0.2) is 9.18 Å². The number of aromatic nitrogens is 2. The van der Waals surface area contributed by atoms with E-state index in [1.165, 1.54) is 31.4 Å². The summed E-state index contributed by atoms with van der Waals surface area (Å²) in [6, 6.07) is 11.6. The number of rotatable bonds is 6. The van der Waals surface area contributed by atoms with Crippen molar-refractivity contribution in [3.63, 3.8) is 0 Å². The van der Waals surface area contributed by atoms with Gasteiger partial charge in [0.15, 0.2) is 5.69 Å². The van der Waals surface area contributed by atoms with Gasteiger partial charge in [0, 0.05) is 16.3 Å². The van der Waals surface area contributed by atoms with Crippen LogP contribution in [-0.2, 0) is 4.74 Å². The van der Waals surface area contributed by atoms with E-state index < -0.39 is 23.3 Å². The summed E-state index contributed by atoms with van der Waals surface area (Å²) in [5.74, 6) is -1.05. The van der Waals surface area contributed by atoms with E-state index in [9.17, 15) is 18.8 Å². The number of hydrogen-bond donors (Lipinski definition) is 1. The molecule has 0 atom stereocenters. The molecule has 1 amide bonds. The molecule has 10 heteroatoms. The summed E-state index contributed by atoms with van der Waals surface area (Å²) in [4.78, 5) is 38.7. The molecule has 0 spiro atoms. The molecular weight excluding hydrogens is 449 g/mol. The first kappa shape index (κ1) is 22.2. The minimum Gasteiger partial charge on any atom is -0.497 e. The predicted molar refractivity (Wildman–Crippen MR) is 122 cm³/mol. The number of benzene rings is 2. The Balaban J connectivity index is 1.84. The summed E-state index contributed by atoms with van der Waals surface area (Å²) in [6.45, 7) is 1.77. The molecule has 2 heterocycles. The summed E-state index contributed by atoms with van der Waals surface area (Å²) in [6.07, 6.45) is 0. The smallest absolute Gasteiger partial charge is 0.359 e. The zero-order chi connectivity index (χ0) is 23.5. The summed E-state index contributed by atoms with van der Waals surface area (Å²) in [5, 5.41) is 9.08. The van der Waals surface area contributed by atoms with E-state index in [0.717, 1.165) is 16.0 Å². The van der Waals surface area contributed by atoms with Crippen LogP contribution in [0.2, 0.25) is 0 Å². The normalized spacial score (nSPS) is 10.8. The molecule has 0 aliphatic heterocycles. The Morgan fingerprint density at radius 1 is 1.12 bits per heavy atom. The molecule has 0 unspecified atom stereocenters. The number of methoxy groups -OCH3 is 1. The van der Waals surface area contributed by atoms with Crippen LogP contribution in [0.5, 0.6) is 5.75 Å². The molecule has 0 aliphatic carbocycles. The second kappa shape index (κ2) is 9.21. The summed E-state index contributed by atoms with van der Waals surface area (Å²) >= 11 is 1.09. The van der Waals surface area contributed by atoms with Crippen molar-refractivity contribution in [2.24, 2.45) is 0 Å². The van der Waals surface area contributed by atoms with Crippen LogP contribution in [0, 0.1) is 5.82 Å². The van der Waals surface area contributed by atoms with Gasteiger partial charge in [0.1, 0.15) is 16.6 Å². The number of halogens is 1. The Labute approximate surface area is 191 Å². The molecule has 168 valence electrons. The molecule has 0 aliphatic rings. The number of fused-ring (bicyclic) bond motifs is 1. The molecule has 0 radical (unpaired) electrons. The van der Waals surface area contributed by atoms with Gasteiger partial charge in [0.05, 0.1) is 24.8 Å². The van der Waals surface area contributed by atoms with Gasteiger partial charge in [0.2, 0.25) is 0 Å². The van der Waals surface area contributed by atoms with Crippen molar-refractivity contribution in [3.05, 3.63) is 81.3 Å². The van der Waals surface area contributed by atoms with E-state index in [-0.39, 0.29) is 33.8 Å². The third-order valence-corrected chi connectivity index (χ3v) is 5.67. The lowest BCUT2D eigenvalue weighted by Crippen LogP contribution is -2.25. The van der Waals surface area contributed by atoms with Crippen LogP contribution in [0.1, 0.15) is 27.8 Å². The van der Waals surface area contributed by atoms with E-state index in [2.05, 4.69) is 10.4 Å². The van der Waals surface area contributed by atoms with Crippen molar-refractivity contribution >= 4 is 39.0 Å². The van der Waals surface area contributed by atoms with Crippen LogP contribution < -0.4 is 15.6 Å². The highest BCUT2D eigenvalue weighted by Crippen LogP contribution is 2.31. The average Bonchev–Trinajstić information content (AvgIpc) is 3.24. The van der Waals surface area contributed by atoms with E-state index in [4.69, 9.17) is 9.47 Å². The van der Waals surface area contributed by atoms with E-state index in [1.54, 1.807) is 36.6 Å². The molecule has 33 heavy (non-hydrogen) atoms. The Morgan fingerprint density at radius 3 is 2.45 bits per heavy atom. The molecule has 0 saturated carbocycles. The molecular formula is C23H18FN3O5S. The fourth-order valence-electron chi connectivity index (χ4n) is 3.17. The molecule has 0 fully saturated rings. The Morgan fingerprint density at radius 2 is 1.82 bits per heavy atom. The zero-order valence-electron chi connectivity index (χ0n) is 17.6. The van der Waals surface area contributed by atoms with Gasteiger partial charge in [0.25, 0.3) is 11.5 Å². The molecule has 8 nitrogen and oxygen atoms in total. The second-order valence-electron chi connectivity index (χ2n) is 6.80. The van der Waals surface area contributed by atoms with Gasteiger partial charge in [-0.2, -0.15) is 9.78 Å². The van der Waals surface area contributed by atoms with Crippen molar-refractivity contribution in [3.8, 4) is 11.4 Å². The van der Waals surface area contributed by atoms with E-state index in [1.807, 2.05) is 0 Å². The number of esters is 1. The molecule has 0 saturated heterocycles. The lowest BCUT2D eigenvalue weighted by atomic mass is 10.2. The van der Waals surface area contributed by atoms with Crippen molar-refractivity contribution in [2.75, 3.05) is 19.0 Å². The van der Waals surface area contributed by atoms with Crippen LogP contribution in [-0.4, -0.2) is 35.4 Å². The van der Waals surface area contributed by atoms with E-state index in [0.29, 0.717) is 11.3 Å². The maximum atomic E-state index is 13.4. The first-order valence-corrected chi connectivity index (χ1v) is 10.7.